The van der Waals surface area contributed by atoms with E-state index < -0.39 is 10.0 Å². The van der Waals surface area contributed by atoms with E-state index in [1.165, 1.54) is 16.4 Å². The van der Waals surface area contributed by atoms with E-state index in [1.54, 1.807) is 17.0 Å². The van der Waals surface area contributed by atoms with E-state index in [2.05, 4.69) is 11.4 Å². The van der Waals surface area contributed by atoms with Gasteiger partial charge < -0.3 is 10.2 Å². The van der Waals surface area contributed by atoms with Gasteiger partial charge in [0.2, 0.25) is 15.9 Å². The second-order valence-electron chi connectivity index (χ2n) is 6.89. The lowest BCUT2D eigenvalue weighted by atomic mass is 10.1. The summed E-state index contributed by atoms with van der Waals surface area (Å²) in [6.07, 6.45) is 2.89. The van der Waals surface area contributed by atoms with E-state index in [0.29, 0.717) is 37.5 Å². The van der Waals surface area contributed by atoms with Gasteiger partial charge in [0.15, 0.2) is 0 Å². The third-order valence-corrected chi connectivity index (χ3v) is 7.33. The SMILES string of the molecule is N#CC1CCCN1C(=O)CNC1CCN(S(=O)(=O)c2ccc(Cl)cc2)CC1. The van der Waals surface area contributed by atoms with Crippen molar-refractivity contribution in [3.63, 3.8) is 0 Å². The molecule has 0 saturated carbocycles. The van der Waals surface area contributed by atoms with Crippen LogP contribution < -0.4 is 5.32 Å². The van der Waals surface area contributed by atoms with Crippen LogP contribution in [0.15, 0.2) is 29.2 Å². The number of hydrogen-bond acceptors (Lipinski definition) is 5. The summed E-state index contributed by atoms with van der Waals surface area (Å²) in [6.45, 7) is 1.63. The van der Waals surface area contributed by atoms with Gasteiger partial charge in [0.25, 0.3) is 0 Å². The Morgan fingerprint density at radius 3 is 2.48 bits per heavy atom. The number of amides is 1. The third-order valence-electron chi connectivity index (χ3n) is 5.17. The van der Waals surface area contributed by atoms with Gasteiger partial charge in [-0.2, -0.15) is 9.57 Å². The highest BCUT2D eigenvalue weighted by atomic mass is 35.5. The summed E-state index contributed by atoms with van der Waals surface area (Å²) < 4.78 is 26.8. The van der Waals surface area contributed by atoms with Gasteiger partial charge in [0.1, 0.15) is 6.04 Å². The average Bonchev–Trinajstić information content (AvgIpc) is 3.16. The maximum absolute atomic E-state index is 12.7. The molecule has 2 saturated heterocycles. The van der Waals surface area contributed by atoms with E-state index in [0.717, 1.165) is 12.8 Å². The highest BCUT2D eigenvalue weighted by molar-refractivity contribution is 7.89. The minimum absolute atomic E-state index is 0.0599. The van der Waals surface area contributed by atoms with Crippen LogP contribution in [-0.4, -0.2) is 61.8 Å². The number of hydrogen-bond donors (Lipinski definition) is 1. The van der Waals surface area contributed by atoms with Crippen molar-refractivity contribution in [2.75, 3.05) is 26.2 Å². The first-order valence-corrected chi connectivity index (χ1v) is 10.9. The molecule has 2 heterocycles. The van der Waals surface area contributed by atoms with Crippen LogP contribution in [0.5, 0.6) is 0 Å². The van der Waals surface area contributed by atoms with Gasteiger partial charge in [-0.3, -0.25) is 4.79 Å². The van der Waals surface area contributed by atoms with Gasteiger partial charge in [0, 0.05) is 30.7 Å². The Labute approximate surface area is 164 Å². The van der Waals surface area contributed by atoms with Crippen molar-refractivity contribution in [3.05, 3.63) is 29.3 Å². The molecule has 1 unspecified atom stereocenters. The van der Waals surface area contributed by atoms with E-state index >= 15 is 0 Å². The van der Waals surface area contributed by atoms with E-state index in [-0.39, 0.29) is 29.4 Å². The quantitative estimate of drug-likeness (QED) is 0.795. The number of carbonyl (C=O) groups excluding carboxylic acids is 1. The fraction of sp³-hybridized carbons (Fsp3) is 0.556. The molecule has 0 radical (unpaired) electrons. The Balaban J connectivity index is 1.49. The van der Waals surface area contributed by atoms with Crippen molar-refractivity contribution in [2.45, 2.75) is 42.7 Å². The first-order chi connectivity index (χ1) is 12.9. The standard InChI is InChI=1S/C18H23ClN4O3S/c19-14-3-5-17(6-4-14)27(25,26)22-10-7-15(8-11-22)21-13-18(24)23-9-1-2-16(23)12-20/h3-6,15-16,21H,1-2,7-11,13H2. The summed E-state index contributed by atoms with van der Waals surface area (Å²) in [5.41, 5.74) is 0. The van der Waals surface area contributed by atoms with Crippen LogP contribution >= 0.6 is 11.6 Å². The first kappa shape index (κ1) is 20.1. The van der Waals surface area contributed by atoms with Crippen LogP contribution in [0.1, 0.15) is 25.7 Å². The zero-order valence-corrected chi connectivity index (χ0v) is 16.5. The number of rotatable bonds is 5. The molecule has 146 valence electrons. The molecular formula is C18H23ClN4O3S. The van der Waals surface area contributed by atoms with Gasteiger partial charge in [-0.1, -0.05) is 11.6 Å². The molecule has 2 aliphatic heterocycles. The molecule has 27 heavy (non-hydrogen) atoms. The highest BCUT2D eigenvalue weighted by Gasteiger charge is 2.31. The lowest BCUT2D eigenvalue weighted by Gasteiger charge is -2.32. The number of likely N-dealkylation sites (tertiary alicyclic amines) is 1. The van der Waals surface area contributed by atoms with Crippen molar-refractivity contribution >= 4 is 27.5 Å². The number of nitrogens with zero attached hydrogens (tertiary/aromatic N) is 3. The van der Waals surface area contributed by atoms with Gasteiger partial charge >= 0.3 is 0 Å². The molecule has 0 aliphatic carbocycles. The minimum Gasteiger partial charge on any atom is -0.326 e. The summed E-state index contributed by atoms with van der Waals surface area (Å²) in [4.78, 5) is 14.2. The van der Waals surface area contributed by atoms with E-state index in [9.17, 15) is 13.2 Å². The maximum atomic E-state index is 12.7. The lowest BCUT2D eigenvalue weighted by Crippen LogP contribution is -2.48. The molecular weight excluding hydrogens is 388 g/mol. The zero-order chi connectivity index (χ0) is 19.4. The fourth-order valence-corrected chi connectivity index (χ4v) is 5.18. The molecule has 2 aliphatic rings. The first-order valence-electron chi connectivity index (χ1n) is 9.10. The molecule has 1 amide bonds. The van der Waals surface area contributed by atoms with Crippen LogP contribution in [0, 0.1) is 11.3 Å². The maximum Gasteiger partial charge on any atom is 0.243 e. The van der Waals surface area contributed by atoms with Crippen molar-refractivity contribution in [2.24, 2.45) is 0 Å². The number of carbonyl (C=O) groups is 1. The molecule has 0 aromatic heterocycles. The Kier molecular flexibility index (Phi) is 6.37. The molecule has 1 atom stereocenters. The van der Waals surface area contributed by atoms with Gasteiger partial charge in [-0.05, 0) is 49.9 Å². The second kappa shape index (κ2) is 8.57. The number of nitrogens with one attached hydrogen (secondary N) is 1. The third kappa shape index (κ3) is 4.61. The average molecular weight is 411 g/mol. The van der Waals surface area contributed by atoms with Crippen LogP contribution in [0.3, 0.4) is 0 Å². The van der Waals surface area contributed by atoms with E-state index in [4.69, 9.17) is 16.9 Å². The Bertz CT molecular complexity index is 814. The molecule has 9 heteroatoms. The smallest absolute Gasteiger partial charge is 0.243 e. The van der Waals surface area contributed by atoms with Crippen molar-refractivity contribution in [3.8, 4) is 6.07 Å². The van der Waals surface area contributed by atoms with Crippen molar-refractivity contribution in [1.29, 1.82) is 5.26 Å². The summed E-state index contributed by atoms with van der Waals surface area (Å²) in [7, 11) is -3.52. The molecule has 0 bridgehead atoms. The Morgan fingerprint density at radius 1 is 1.19 bits per heavy atom. The van der Waals surface area contributed by atoms with Gasteiger partial charge in [-0.25, -0.2) is 8.42 Å². The molecule has 3 rings (SSSR count). The zero-order valence-electron chi connectivity index (χ0n) is 15.0. The van der Waals surface area contributed by atoms with E-state index in [1.807, 2.05) is 0 Å². The summed E-state index contributed by atoms with van der Waals surface area (Å²) in [6, 6.07) is 8.12. The largest absolute Gasteiger partial charge is 0.326 e. The normalized spacial score (nSPS) is 21.9. The fourth-order valence-electron chi connectivity index (χ4n) is 3.59. The number of sulfonamides is 1. The number of piperidine rings is 1. The summed E-state index contributed by atoms with van der Waals surface area (Å²) in [5, 5.41) is 12.8. The van der Waals surface area contributed by atoms with Crippen molar-refractivity contribution in [1.82, 2.24) is 14.5 Å². The molecule has 7 nitrogen and oxygen atoms in total. The molecule has 2 fully saturated rings. The molecule has 0 spiro atoms. The topological polar surface area (TPSA) is 93.5 Å². The lowest BCUT2D eigenvalue weighted by molar-refractivity contribution is -0.130. The summed E-state index contributed by atoms with van der Waals surface area (Å²) >= 11 is 5.83. The Morgan fingerprint density at radius 2 is 1.85 bits per heavy atom. The van der Waals surface area contributed by atoms with Crippen LogP contribution in [-0.2, 0) is 14.8 Å². The summed E-state index contributed by atoms with van der Waals surface area (Å²) in [5.74, 6) is -0.0599. The number of nitriles is 1. The molecule has 1 aromatic rings. The van der Waals surface area contributed by atoms with Crippen LogP contribution in [0.4, 0.5) is 0 Å². The number of benzene rings is 1. The monoisotopic (exact) mass is 410 g/mol. The van der Waals surface area contributed by atoms with Crippen LogP contribution in [0.2, 0.25) is 5.02 Å². The molecule has 1 N–H and O–H groups in total. The predicted octanol–water partition coefficient (Wildman–Crippen LogP) is 1.60. The van der Waals surface area contributed by atoms with Crippen LogP contribution in [0.25, 0.3) is 0 Å². The predicted molar refractivity (Wildman–Crippen MR) is 102 cm³/mol. The molecule has 1 aromatic carbocycles. The second-order valence-corrected chi connectivity index (χ2v) is 9.26. The van der Waals surface area contributed by atoms with Gasteiger partial charge in [-0.15, -0.1) is 0 Å². The van der Waals surface area contributed by atoms with Gasteiger partial charge in [0.05, 0.1) is 17.5 Å². The highest BCUT2D eigenvalue weighted by Crippen LogP contribution is 2.22. The minimum atomic E-state index is -3.52. The van der Waals surface area contributed by atoms with Crippen molar-refractivity contribution < 1.29 is 13.2 Å². The Hall–Kier alpha value is -1.66. The number of halogens is 1.